The zero-order chi connectivity index (χ0) is 21.4. The van der Waals surface area contributed by atoms with Crippen molar-refractivity contribution in [1.82, 2.24) is 10.6 Å². The van der Waals surface area contributed by atoms with E-state index in [1.54, 1.807) is 6.07 Å². The molecule has 1 fully saturated rings. The molecule has 0 radical (unpaired) electrons. The molecule has 0 saturated carbocycles. The first-order valence-electron chi connectivity index (χ1n) is 10.0. The van der Waals surface area contributed by atoms with E-state index in [0.29, 0.717) is 24.6 Å². The monoisotopic (exact) mass is 416 g/mol. The molecule has 162 valence electrons. The number of benzene rings is 1. The number of quaternary nitrogens is 2. The molecular formula is C20H31F3N4O2+2. The Morgan fingerprint density at radius 2 is 1.76 bits per heavy atom. The minimum atomic E-state index is -4.33. The molecule has 0 aromatic heterocycles. The van der Waals surface area contributed by atoms with Gasteiger partial charge < -0.3 is 15.1 Å². The van der Waals surface area contributed by atoms with E-state index in [-0.39, 0.29) is 12.5 Å². The third-order valence-electron chi connectivity index (χ3n) is 5.04. The van der Waals surface area contributed by atoms with Gasteiger partial charge in [-0.15, -0.1) is 0 Å². The topological polar surface area (TPSA) is 67.1 Å². The van der Waals surface area contributed by atoms with E-state index < -0.39 is 17.8 Å². The number of hydrogen-bond acceptors (Lipinski definition) is 2. The number of nitrogens with one attached hydrogen (secondary N) is 4. The van der Waals surface area contributed by atoms with Gasteiger partial charge in [0.2, 0.25) is 0 Å². The SMILES string of the molecule is CC(C)CCNC(=O)NC(=O)C[NH+]1CC[NH+](Cc2cccc(C(F)(F)F)c2)CC1. The van der Waals surface area contributed by atoms with Crippen molar-refractivity contribution in [3.05, 3.63) is 35.4 Å². The van der Waals surface area contributed by atoms with E-state index in [4.69, 9.17) is 0 Å². The molecule has 1 aliphatic heterocycles. The quantitative estimate of drug-likeness (QED) is 0.500. The van der Waals surface area contributed by atoms with Crippen molar-refractivity contribution in [3.8, 4) is 0 Å². The Bertz CT molecular complexity index is 687. The number of alkyl halides is 3. The summed E-state index contributed by atoms with van der Waals surface area (Å²) in [6.45, 7) is 8.38. The highest BCUT2D eigenvalue weighted by Gasteiger charge is 2.31. The molecule has 1 aliphatic rings. The van der Waals surface area contributed by atoms with E-state index in [9.17, 15) is 22.8 Å². The lowest BCUT2D eigenvalue weighted by Gasteiger charge is -2.29. The third kappa shape index (κ3) is 8.41. The lowest BCUT2D eigenvalue weighted by atomic mass is 10.1. The summed E-state index contributed by atoms with van der Waals surface area (Å²) in [6.07, 6.45) is -3.48. The molecule has 0 spiro atoms. The number of hydrogen-bond donors (Lipinski definition) is 4. The van der Waals surface area contributed by atoms with Crippen molar-refractivity contribution in [2.75, 3.05) is 39.3 Å². The maximum absolute atomic E-state index is 12.8. The van der Waals surface area contributed by atoms with Gasteiger partial charge in [0.25, 0.3) is 5.91 Å². The summed E-state index contributed by atoms with van der Waals surface area (Å²) >= 11 is 0. The van der Waals surface area contributed by atoms with Crippen molar-refractivity contribution in [2.45, 2.75) is 33.0 Å². The van der Waals surface area contributed by atoms with Crippen LogP contribution < -0.4 is 20.4 Å². The molecule has 0 aliphatic carbocycles. The van der Waals surface area contributed by atoms with Gasteiger partial charge in [0.1, 0.15) is 32.7 Å². The second-order valence-electron chi connectivity index (χ2n) is 8.04. The molecule has 1 heterocycles. The maximum Gasteiger partial charge on any atom is 0.416 e. The predicted octanol–water partition coefficient (Wildman–Crippen LogP) is -0.139. The first kappa shape index (κ1) is 23.2. The predicted molar refractivity (Wildman–Crippen MR) is 102 cm³/mol. The molecule has 9 heteroatoms. The Morgan fingerprint density at radius 3 is 2.38 bits per heavy atom. The second-order valence-corrected chi connectivity index (χ2v) is 8.04. The number of imide groups is 1. The standard InChI is InChI=1S/C20H29F3N4O2/c1-15(2)6-7-24-19(29)25-18(28)14-27-10-8-26(9-11-27)13-16-4-3-5-17(12-16)20(21,22)23/h3-5,12,15H,6-11,13-14H2,1-2H3,(H2,24,25,28,29)/p+2. The summed E-state index contributed by atoms with van der Waals surface area (Å²) in [5.74, 6) is 0.161. The van der Waals surface area contributed by atoms with E-state index in [1.807, 2.05) is 0 Å². The van der Waals surface area contributed by atoms with Crippen molar-refractivity contribution in [1.29, 1.82) is 0 Å². The number of halogens is 3. The number of amides is 3. The molecule has 4 N–H and O–H groups in total. The molecule has 3 amide bonds. The van der Waals surface area contributed by atoms with Crippen molar-refractivity contribution >= 4 is 11.9 Å². The molecule has 1 saturated heterocycles. The minimum Gasteiger partial charge on any atom is -0.338 e. The van der Waals surface area contributed by atoms with Crippen LogP contribution in [0.15, 0.2) is 24.3 Å². The summed E-state index contributed by atoms with van der Waals surface area (Å²) < 4.78 is 38.5. The summed E-state index contributed by atoms with van der Waals surface area (Å²) in [5, 5.41) is 5.02. The lowest BCUT2D eigenvalue weighted by molar-refractivity contribution is -1.02. The highest BCUT2D eigenvalue weighted by molar-refractivity contribution is 5.94. The van der Waals surface area contributed by atoms with Crippen LogP contribution >= 0.6 is 0 Å². The van der Waals surface area contributed by atoms with Gasteiger partial charge in [-0.1, -0.05) is 26.0 Å². The van der Waals surface area contributed by atoms with Crippen LogP contribution in [0.25, 0.3) is 0 Å². The number of urea groups is 1. The van der Waals surface area contributed by atoms with E-state index in [1.165, 1.54) is 17.0 Å². The van der Waals surface area contributed by atoms with Crippen LogP contribution in [-0.2, 0) is 17.5 Å². The molecule has 29 heavy (non-hydrogen) atoms. The van der Waals surface area contributed by atoms with Gasteiger partial charge in [0.05, 0.1) is 5.56 Å². The van der Waals surface area contributed by atoms with Crippen molar-refractivity contribution < 1.29 is 32.6 Å². The van der Waals surface area contributed by atoms with Crippen molar-refractivity contribution in [2.24, 2.45) is 5.92 Å². The van der Waals surface area contributed by atoms with E-state index in [0.717, 1.165) is 43.6 Å². The van der Waals surface area contributed by atoms with Crippen LogP contribution in [0.2, 0.25) is 0 Å². The van der Waals surface area contributed by atoms with Gasteiger partial charge in [-0.2, -0.15) is 13.2 Å². The molecule has 1 aromatic carbocycles. The van der Waals surface area contributed by atoms with Crippen LogP contribution in [0, 0.1) is 5.92 Å². The first-order chi connectivity index (χ1) is 13.6. The number of rotatable bonds is 7. The maximum atomic E-state index is 12.8. The van der Waals surface area contributed by atoms with Gasteiger partial charge in [-0.05, 0) is 24.5 Å². The van der Waals surface area contributed by atoms with Crippen LogP contribution in [0.4, 0.5) is 18.0 Å². The van der Waals surface area contributed by atoms with Crippen LogP contribution in [-0.4, -0.2) is 51.2 Å². The Hall–Kier alpha value is -2.13. The summed E-state index contributed by atoms with van der Waals surface area (Å²) in [5.41, 5.74) is 0.0380. The Morgan fingerprint density at radius 1 is 1.10 bits per heavy atom. The fourth-order valence-electron chi connectivity index (χ4n) is 3.37. The van der Waals surface area contributed by atoms with Crippen LogP contribution in [0.3, 0.4) is 0 Å². The Kier molecular flexibility index (Phi) is 8.45. The normalized spacial score (nSPS) is 19.8. The number of carbonyl (C=O) groups excluding carboxylic acids is 2. The zero-order valence-electron chi connectivity index (χ0n) is 17.0. The average Bonchev–Trinajstić information content (AvgIpc) is 2.62. The minimum absolute atomic E-state index is 0.217. The summed E-state index contributed by atoms with van der Waals surface area (Å²) in [7, 11) is 0. The highest BCUT2D eigenvalue weighted by atomic mass is 19.4. The molecule has 2 rings (SSSR count). The average molecular weight is 416 g/mol. The molecule has 6 nitrogen and oxygen atoms in total. The third-order valence-corrected chi connectivity index (χ3v) is 5.04. The number of carbonyl (C=O) groups is 2. The Labute approximate surface area is 169 Å². The van der Waals surface area contributed by atoms with Gasteiger partial charge in [0, 0.05) is 12.1 Å². The molecule has 0 atom stereocenters. The van der Waals surface area contributed by atoms with Gasteiger partial charge >= 0.3 is 12.2 Å². The van der Waals surface area contributed by atoms with Gasteiger partial charge in [-0.3, -0.25) is 10.1 Å². The van der Waals surface area contributed by atoms with Gasteiger partial charge in [0.15, 0.2) is 6.54 Å². The van der Waals surface area contributed by atoms with Crippen LogP contribution in [0.1, 0.15) is 31.4 Å². The number of piperazine rings is 1. The van der Waals surface area contributed by atoms with E-state index >= 15 is 0 Å². The first-order valence-corrected chi connectivity index (χ1v) is 10.0. The van der Waals surface area contributed by atoms with E-state index in [2.05, 4.69) is 24.5 Å². The summed E-state index contributed by atoms with van der Waals surface area (Å²) in [4.78, 5) is 26.0. The molecule has 0 bridgehead atoms. The van der Waals surface area contributed by atoms with Crippen molar-refractivity contribution in [3.63, 3.8) is 0 Å². The Balaban J connectivity index is 1.71. The zero-order valence-corrected chi connectivity index (χ0v) is 17.0. The molecule has 1 aromatic rings. The second kappa shape index (κ2) is 10.6. The van der Waals surface area contributed by atoms with Gasteiger partial charge in [-0.25, -0.2) is 4.79 Å². The van der Waals surface area contributed by atoms with Crippen LogP contribution in [0.5, 0.6) is 0 Å². The lowest BCUT2D eigenvalue weighted by Crippen LogP contribution is -3.28. The largest absolute Gasteiger partial charge is 0.416 e. The fourth-order valence-corrected chi connectivity index (χ4v) is 3.37. The fraction of sp³-hybridized carbons (Fsp3) is 0.600. The highest BCUT2D eigenvalue weighted by Crippen LogP contribution is 2.29. The summed E-state index contributed by atoms with van der Waals surface area (Å²) in [6, 6.07) is 4.97. The molecular weight excluding hydrogens is 385 g/mol. The molecule has 0 unspecified atom stereocenters. The smallest absolute Gasteiger partial charge is 0.338 e.